The molecule has 0 saturated heterocycles. The molecule has 7 heteroatoms. The van der Waals surface area contributed by atoms with E-state index >= 15 is 0 Å². The molecular formula is C11H12N4O2S. The second kappa shape index (κ2) is 6.02. The number of nitrogens with zero attached hydrogens (tertiary/aromatic N) is 3. The molecule has 0 unspecified atom stereocenters. The lowest BCUT2D eigenvalue weighted by atomic mass is 10.1. The van der Waals surface area contributed by atoms with E-state index in [-0.39, 0.29) is 11.4 Å². The van der Waals surface area contributed by atoms with E-state index in [2.05, 4.69) is 10.3 Å². The fourth-order valence-corrected chi connectivity index (χ4v) is 1.64. The van der Waals surface area contributed by atoms with Gasteiger partial charge < -0.3 is 0 Å². The zero-order chi connectivity index (χ0) is 13.7. The summed E-state index contributed by atoms with van der Waals surface area (Å²) in [6.45, 7) is 3.66. The van der Waals surface area contributed by atoms with Crippen LogP contribution < -0.4 is 5.32 Å². The van der Waals surface area contributed by atoms with E-state index in [4.69, 9.17) is 5.26 Å². The molecule has 0 saturated carbocycles. The van der Waals surface area contributed by atoms with Gasteiger partial charge in [-0.05, 0) is 37.3 Å². The topological polar surface area (TPSA) is 91.3 Å². The molecule has 18 heavy (non-hydrogen) atoms. The first-order valence-electron chi connectivity index (χ1n) is 5.03. The predicted molar refractivity (Wildman–Crippen MR) is 71.9 cm³/mol. The lowest BCUT2D eigenvalue weighted by Gasteiger charge is -2.04. The molecule has 1 aromatic rings. The summed E-state index contributed by atoms with van der Waals surface area (Å²) in [5, 5.41) is 22.2. The molecule has 0 bridgehead atoms. The van der Waals surface area contributed by atoms with Gasteiger partial charge in [-0.25, -0.2) is 4.99 Å². The minimum absolute atomic E-state index is 0.0654. The van der Waals surface area contributed by atoms with Gasteiger partial charge in [0.2, 0.25) is 0 Å². The Bertz CT molecular complexity index is 549. The number of nitro benzene ring substituents is 1. The molecule has 0 atom stereocenters. The van der Waals surface area contributed by atoms with Gasteiger partial charge in [-0.1, -0.05) is 11.8 Å². The highest BCUT2D eigenvalue weighted by Gasteiger charge is 2.15. The van der Waals surface area contributed by atoms with E-state index in [0.29, 0.717) is 5.17 Å². The Hall–Kier alpha value is -2.07. The van der Waals surface area contributed by atoms with Gasteiger partial charge in [0, 0.05) is 6.07 Å². The fourth-order valence-electron chi connectivity index (χ4n) is 1.30. The first-order valence-corrected chi connectivity index (χ1v) is 6.25. The van der Waals surface area contributed by atoms with Crippen molar-refractivity contribution in [2.75, 3.05) is 6.26 Å². The average molecular weight is 264 g/mol. The third-order valence-corrected chi connectivity index (χ3v) is 2.95. The third-order valence-electron chi connectivity index (χ3n) is 2.37. The molecular weight excluding hydrogens is 252 g/mol. The van der Waals surface area contributed by atoms with Crippen LogP contribution in [-0.4, -0.2) is 16.3 Å². The number of aliphatic imine (C=N–C) groups is 1. The van der Waals surface area contributed by atoms with E-state index in [1.807, 2.05) is 6.92 Å². The van der Waals surface area contributed by atoms with Crippen LogP contribution in [0.5, 0.6) is 0 Å². The van der Waals surface area contributed by atoms with Crippen LogP contribution in [0, 0.1) is 35.4 Å². The lowest BCUT2D eigenvalue weighted by Crippen LogP contribution is -2.12. The number of nitriles is 1. The van der Waals surface area contributed by atoms with Crippen LogP contribution in [0.4, 0.5) is 11.4 Å². The van der Waals surface area contributed by atoms with Crippen molar-refractivity contribution >= 4 is 28.3 Å². The normalized spacial score (nSPS) is 10.9. The molecule has 0 aliphatic heterocycles. The Morgan fingerprint density at radius 3 is 2.61 bits per heavy atom. The molecule has 0 aromatic heterocycles. The Labute approximate surface area is 109 Å². The van der Waals surface area contributed by atoms with Crippen LogP contribution in [0.15, 0.2) is 17.1 Å². The molecule has 1 N–H and O–H groups in total. The van der Waals surface area contributed by atoms with Gasteiger partial charge in [-0.2, -0.15) is 5.26 Å². The van der Waals surface area contributed by atoms with E-state index < -0.39 is 4.92 Å². The number of nitrogens with one attached hydrogen (secondary N) is 1. The maximum Gasteiger partial charge on any atom is 0.295 e. The number of amidine groups is 1. The van der Waals surface area contributed by atoms with Crippen molar-refractivity contribution in [3.8, 4) is 6.19 Å². The van der Waals surface area contributed by atoms with Crippen molar-refractivity contribution in [2.24, 2.45) is 4.99 Å². The highest BCUT2D eigenvalue weighted by molar-refractivity contribution is 8.13. The molecule has 94 valence electrons. The van der Waals surface area contributed by atoms with Crippen LogP contribution in [0.1, 0.15) is 11.1 Å². The van der Waals surface area contributed by atoms with Crippen LogP contribution in [-0.2, 0) is 0 Å². The number of thioether (sulfide) groups is 1. The molecule has 1 aromatic carbocycles. The lowest BCUT2D eigenvalue weighted by molar-refractivity contribution is -0.384. The molecule has 0 aliphatic carbocycles. The van der Waals surface area contributed by atoms with Crippen molar-refractivity contribution in [2.45, 2.75) is 13.8 Å². The van der Waals surface area contributed by atoms with Crippen molar-refractivity contribution in [1.29, 1.82) is 5.26 Å². The summed E-state index contributed by atoms with van der Waals surface area (Å²) in [7, 11) is 0. The number of rotatable bonds is 2. The molecule has 0 heterocycles. The number of hydrogen-bond donors (Lipinski definition) is 1. The van der Waals surface area contributed by atoms with E-state index in [1.54, 1.807) is 25.4 Å². The summed E-state index contributed by atoms with van der Waals surface area (Å²) >= 11 is 1.21. The van der Waals surface area contributed by atoms with Crippen molar-refractivity contribution in [3.05, 3.63) is 33.4 Å². The van der Waals surface area contributed by atoms with E-state index in [1.165, 1.54) is 17.8 Å². The minimum atomic E-state index is -0.477. The standard InChI is InChI=1S/C11H12N4O2S/c1-7-4-9(14-11(18-3)13-6-12)10(15(16)17)5-8(7)2/h4-5H,1-3H3,(H,13,14). The SMILES string of the molecule is CSC(=Nc1cc(C)c(C)cc1[N+](=O)[O-])NC#N. The Balaban J connectivity index is 3.35. The first kappa shape index (κ1) is 14.0. The second-order valence-electron chi connectivity index (χ2n) is 3.54. The zero-order valence-electron chi connectivity index (χ0n) is 10.2. The predicted octanol–water partition coefficient (Wildman–Crippen LogP) is 2.63. The summed E-state index contributed by atoms with van der Waals surface area (Å²) in [4.78, 5) is 14.6. The average Bonchev–Trinajstić information content (AvgIpc) is 2.32. The van der Waals surface area contributed by atoms with Gasteiger partial charge in [0.15, 0.2) is 11.4 Å². The molecule has 0 fully saturated rings. The molecule has 1 rings (SSSR count). The summed E-state index contributed by atoms with van der Waals surface area (Å²) in [5.41, 5.74) is 1.93. The fraction of sp³-hybridized carbons (Fsp3) is 0.273. The van der Waals surface area contributed by atoms with Crippen LogP contribution >= 0.6 is 11.8 Å². The van der Waals surface area contributed by atoms with Crippen LogP contribution in [0.2, 0.25) is 0 Å². The number of aryl methyl sites for hydroxylation is 2. The van der Waals surface area contributed by atoms with Gasteiger partial charge >= 0.3 is 0 Å². The van der Waals surface area contributed by atoms with E-state index in [9.17, 15) is 10.1 Å². The van der Waals surface area contributed by atoms with E-state index in [0.717, 1.165) is 11.1 Å². The number of benzene rings is 1. The Morgan fingerprint density at radius 1 is 1.50 bits per heavy atom. The number of nitro groups is 1. The third kappa shape index (κ3) is 3.21. The molecule has 0 spiro atoms. The van der Waals surface area contributed by atoms with Gasteiger partial charge in [0.25, 0.3) is 5.69 Å². The van der Waals surface area contributed by atoms with Gasteiger partial charge in [-0.15, -0.1) is 0 Å². The van der Waals surface area contributed by atoms with Gasteiger partial charge in [0.1, 0.15) is 5.69 Å². The second-order valence-corrected chi connectivity index (χ2v) is 4.34. The molecule has 6 nitrogen and oxygen atoms in total. The highest BCUT2D eigenvalue weighted by atomic mass is 32.2. The maximum absolute atomic E-state index is 11.0. The van der Waals surface area contributed by atoms with Gasteiger partial charge in [0.05, 0.1) is 4.92 Å². The summed E-state index contributed by atoms with van der Waals surface area (Å²) in [6, 6.07) is 3.13. The summed E-state index contributed by atoms with van der Waals surface area (Å²) in [6.07, 6.45) is 3.47. The monoisotopic (exact) mass is 264 g/mol. The summed E-state index contributed by atoms with van der Waals surface area (Å²) < 4.78 is 0. The minimum Gasteiger partial charge on any atom is -0.271 e. The highest BCUT2D eigenvalue weighted by Crippen LogP contribution is 2.31. The molecule has 0 radical (unpaired) electrons. The molecule has 0 amide bonds. The maximum atomic E-state index is 11.0. The number of hydrogen-bond acceptors (Lipinski definition) is 5. The van der Waals surface area contributed by atoms with Gasteiger partial charge in [-0.3, -0.25) is 15.4 Å². The van der Waals surface area contributed by atoms with Crippen LogP contribution in [0.25, 0.3) is 0 Å². The van der Waals surface area contributed by atoms with Crippen LogP contribution in [0.3, 0.4) is 0 Å². The molecule has 0 aliphatic rings. The van der Waals surface area contributed by atoms with Crippen molar-refractivity contribution in [3.63, 3.8) is 0 Å². The summed E-state index contributed by atoms with van der Waals surface area (Å²) in [5.74, 6) is 0. The Kier molecular flexibility index (Phi) is 4.68. The van der Waals surface area contributed by atoms with Crippen molar-refractivity contribution < 1.29 is 4.92 Å². The van der Waals surface area contributed by atoms with Crippen molar-refractivity contribution in [1.82, 2.24) is 5.32 Å². The largest absolute Gasteiger partial charge is 0.295 e. The smallest absolute Gasteiger partial charge is 0.271 e. The first-order chi connectivity index (χ1) is 8.49. The zero-order valence-corrected chi connectivity index (χ0v) is 11.0. The quantitative estimate of drug-likeness (QED) is 0.221. The Morgan fingerprint density at radius 2 is 2.11 bits per heavy atom.